The molecule has 172 valence electrons. The maximum Gasteiger partial charge on any atom is 0.344 e. The molecule has 0 radical (unpaired) electrons. The zero-order valence-electron chi connectivity index (χ0n) is 19.8. The van der Waals surface area contributed by atoms with Crippen LogP contribution in [-0.4, -0.2) is 24.6 Å². The first kappa shape index (κ1) is 23.8. The molecule has 1 N–H and O–H groups in total. The van der Waals surface area contributed by atoms with E-state index in [4.69, 9.17) is 9.47 Å². The zero-order valence-corrected chi connectivity index (χ0v) is 19.8. The van der Waals surface area contributed by atoms with Gasteiger partial charge in [0.1, 0.15) is 6.10 Å². The van der Waals surface area contributed by atoms with Crippen LogP contribution >= 0.6 is 0 Å². The summed E-state index contributed by atoms with van der Waals surface area (Å²) in [6, 6.07) is 13.1. The average molecular weight is 438 g/mol. The van der Waals surface area contributed by atoms with Crippen molar-refractivity contribution in [3.63, 3.8) is 0 Å². The second-order valence-electron chi connectivity index (χ2n) is 9.35. The fourth-order valence-corrected chi connectivity index (χ4v) is 4.46. The Labute approximate surface area is 191 Å². The van der Waals surface area contributed by atoms with Gasteiger partial charge in [0, 0.05) is 5.69 Å². The van der Waals surface area contributed by atoms with Crippen LogP contribution in [0.1, 0.15) is 61.5 Å². The van der Waals surface area contributed by atoms with Crippen LogP contribution in [0, 0.1) is 31.6 Å². The van der Waals surface area contributed by atoms with E-state index in [1.807, 2.05) is 44.2 Å². The molecule has 5 heteroatoms. The number of benzene rings is 2. The van der Waals surface area contributed by atoms with Crippen molar-refractivity contribution in [1.29, 1.82) is 0 Å². The molecule has 3 atom stereocenters. The van der Waals surface area contributed by atoms with E-state index < -0.39 is 11.9 Å². The normalized spacial score (nSPS) is 20.6. The highest BCUT2D eigenvalue weighted by molar-refractivity contribution is 5.97. The molecule has 32 heavy (non-hydrogen) atoms. The van der Waals surface area contributed by atoms with Crippen molar-refractivity contribution in [2.75, 3.05) is 11.9 Å². The fourth-order valence-electron chi connectivity index (χ4n) is 4.46. The van der Waals surface area contributed by atoms with Gasteiger partial charge in [0.15, 0.2) is 6.61 Å². The van der Waals surface area contributed by atoms with Crippen LogP contribution in [0.2, 0.25) is 0 Å². The van der Waals surface area contributed by atoms with Gasteiger partial charge >= 0.3 is 11.9 Å². The van der Waals surface area contributed by atoms with Crippen LogP contribution in [0.4, 0.5) is 11.4 Å². The van der Waals surface area contributed by atoms with Crippen molar-refractivity contribution in [2.24, 2.45) is 17.8 Å². The van der Waals surface area contributed by atoms with Crippen LogP contribution in [-0.2, 0) is 14.3 Å². The van der Waals surface area contributed by atoms with Gasteiger partial charge in [-0.05, 0) is 73.8 Å². The molecule has 0 bridgehead atoms. The van der Waals surface area contributed by atoms with E-state index in [0.717, 1.165) is 36.1 Å². The van der Waals surface area contributed by atoms with Crippen molar-refractivity contribution >= 4 is 23.3 Å². The number of anilines is 2. The molecule has 0 amide bonds. The summed E-state index contributed by atoms with van der Waals surface area (Å²) in [7, 11) is 0. The summed E-state index contributed by atoms with van der Waals surface area (Å²) in [6.07, 6.45) is 2.98. The van der Waals surface area contributed by atoms with Gasteiger partial charge in [0.25, 0.3) is 0 Å². The Hall–Kier alpha value is -2.82. The minimum Gasteiger partial charge on any atom is -0.460 e. The summed E-state index contributed by atoms with van der Waals surface area (Å²) < 4.78 is 11.1. The number of esters is 2. The number of hydrogen-bond acceptors (Lipinski definition) is 5. The molecule has 0 unspecified atom stereocenters. The Bertz CT molecular complexity index is 952. The van der Waals surface area contributed by atoms with Crippen molar-refractivity contribution in [3.05, 3.63) is 59.2 Å². The number of rotatable bonds is 7. The molecular weight excluding hydrogens is 402 g/mol. The topological polar surface area (TPSA) is 64.6 Å². The van der Waals surface area contributed by atoms with E-state index in [1.54, 1.807) is 12.1 Å². The van der Waals surface area contributed by atoms with Crippen LogP contribution in [0.5, 0.6) is 0 Å². The quantitative estimate of drug-likeness (QED) is 0.522. The van der Waals surface area contributed by atoms with Crippen molar-refractivity contribution in [3.8, 4) is 0 Å². The van der Waals surface area contributed by atoms with Gasteiger partial charge in [0.05, 0.1) is 11.3 Å². The second-order valence-corrected chi connectivity index (χ2v) is 9.35. The number of nitrogens with one attached hydrogen (secondary N) is 1. The summed E-state index contributed by atoms with van der Waals surface area (Å²) in [5.74, 6) is 0.309. The first-order valence-electron chi connectivity index (χ1n) is 11.5. The molecule has 0 heterocycles. The highest BCUT2D eigenvalue weighted by Gasteiger charge is 2.33. The zero-order chi connectivity index (χ0) is 23.3. The number of carbonyl (C=O) groups is 2. The lowest BCUT2D eigenvalue weighted by Gasteiger charge is -2.36. The predicted molar refractivity (Wildman–Crippen MR) is 127 cm³/mol. The molecule has 5 nitrogen and oxygen atoms in total. The summed E-state index contributed by atoms with van der Waals surface area (Å²) in [6.45, 7) is 10.2. The Morgan fingerprint density at radius 3 is 2.50 bits per heavy atom. The molecule has 1 fully saturated rings. The third-order valence-electron chi connectivity index (χ3n) is 6.59. The van der Waals surface area contributed by atoms with Crippen LogP contribution in [0.25, 0.3) is 0 Å². The van der Waals surface area contributed by atoms with Gasteiger partial charge in [-0.1, -0.05) is 51.5 Å². The van der Waals surface area contributed by atoms with Crippen molar-refractivity contribution in [1.82, 2.24) is 0 Å². The van der Waals surface area contributed by atoms with E-state index in [-0.39, 0.29) is 12.7 Å². The maximum atomic E-state index is 12.8. The lowest BCUT2D eigenvalue weighted by Crippen LogP contribution is -2.36. The number of ether oxygens (including phenoxy) is 2. The molecule has 0 spiro atoms. The van der Waals surface area contributed by atoms with Crippen LogP contribution < -0.4 is 5.32 Å². The molecule has 0 aromatic heterocycles. The molecule has 1 saturated carbocycles. The highest BCUT2D eigenvalue weighted by Crippen LogP contribution is 2.35. The van der Waals surface area contributed by atoms with Gasteiger partial charge in [-0.3, -0.25) is 0 Å². The molecule has 3 rings (SSSR count). The molecule has 0 aliphatic heterocycles. The fraction of sp³-hybridized carbons (Fsp3) is 0.481. The van der Waals surface area contributed by atoms with Gasteiger partial charge in [-0.2, -0.15) is 0 Å². The molecule has 1 aliphatic carbocycles. The molecule has 0 saturated heterocycles. The van der Waals surface area contributed by atoms with Crippen molar-refractivity contribution in [2.45, 2.75) is 60.0 Å². The van der Waals surface area contributed by atoms with E-state index in [2.05, 4.69) is 26.1 Å². The monoisotopic (exact) mass is 437 g/mol. The molecule has 2 aromatic rings. The van der Waals surface area contributed by atoms with E-state index in [0.29, 0.717) is 29.0 Å². The minimum atomic E-state index is -0.548. The second kappa shape index (κ2) is 10.7. The van der Waals surface area contributed by atoms with Crippen LogP contribution in [0.15, 0.2) is 42.5 Å². The summed E-state index contributed by atoms with van der Waals surface area (Å²) in [5, 5.41) is 3.32. The lowest BCUT2D eigenvalue weighted by molar-refractivity contribution is -0.159. The number of carbonyl (C=O) groups excluding carboxylic acids is 2. The van der Waals surface area contributed by atoms with E-state index >= 15 is 0 Å². The largest absolute Gasteiger partial charge is 0.460 e. The minimum absolute atomic E-state index is 0.108. The Morgan fingerprint density at radius 1 is 1.03 bits per heavy atom. The Kier molecular flexibility index (Phi) is 7.94. The SMILES string of the molecule is Cc1cccc(Nc2ccccc2C(=O)OCC(=O)O[C@@H]2C[C@@H](C)CC[C@@H]2C(C)C)c1C. The van der Waals surface area contributed by atoms with Gasteiger partial charge in [0.2, 0.25) is 0 Å². The third-order valence-corrected chi connectivity index (χ3v) is 6.59. The molecular formula is C27H35NO4. The molecule has 1 aliphatic rings. The Morgan fingerprint density at radius 2 is 1.75 bits per heavy atom. The Balaban J connectivity index is 1.62. The standard InChI is InChI=1S/C27H35NO4/c1-17(2)21-14-13-18(3)15-25(21)32-26(29)16-31-27(30)22-10-6-7-11-24(22)28-23-12-8-9-19(4)20(23)5/h6-12,17-18,21,25,28H,13-16H2,1-5H3/t18-,21+,25+/m0/s1. The van der Waals surface area contributed by atoms with Gasteiger partial charge in [-0.15, -0.1) is 0 Å². The van der Waals surface area contributed by atoms with Crippen LogP contribution in [0.3, 0.4) is 0 Å². The van der Waals surface area contributed by atoms with E-state index in [9.17, 15) is 9.59 Å². The summed E-state index contributed by atoms with van der Waals surface area (Å²) in [4.78, 5) is 25.2. The van der Waals surface area contributed by atoms with Gasteiger partial charge < -0.3 is 14.8 Å². The smallest absolute Gasteiger partial charge is 0.344 e. The summed E-state index contributed by atoms with van der Waals surface area (Å²) in [5.41, 5.74) is 4.22. The van der Waals surface area contributed by atoms with Crippen molar-refractivity contribution < 1.29 is 19.1 Å². The average Bonchev–Trinajstić information content (AvgIpc) is 2.75. The number of para-hydroxylation sites is 1. The highest BCUT2D eigenvalue weighted by atomic mass is 16.6. The third kappa shape index (κ3) is 5.90. The number of aryl methyl sites for hydroxylation is 1. The lowest BCUT2D eigenvalue weighted by atomic mass is 9.75. The summed E-state index contributed by atoms with van der Waals surface area (Å²) >= 11 is 0. The molecule has 2 aromatic carbocycles. The first-order valence-corrected chi connectivity index (χ1v) is 11.5. The number of hydrogen-bond donors (Lipinski definition) is 1. The first-order chi connectivity index (χ1) is 15.3. The predicted octanol–water partition coefficient (Wildman–Crippen LogP) is 6.21. The maximum absolute atomic E-state index is 12.8. The van der Waals surface area contributed by atoms with E-state index in [1.165, 1.54) is 0 Å². The van der Waals surface area contributed by atoms with Gasteiger partial charge in [-0.25, -0.2) is 9.59 Å².